The highest BCUT2D eigenvalue weighted by atomic mass is 35.5. The highest BCUT2D eigenvalue weighted by molar-refractivity contribution is 6.31. The predicted octanol–water partition coefficient (Wildman–Crippen LogP) is 2.51. The molecule has 0 radical (unpaired) electrons. The summed E-state index contributed by atoms with van der Waals surface area (Å²) in [6, 6.07) is 10.2. The summed E-state index contributed by atoms with van der Waals surface area (Å²) >= 11 is 6.51. The molecule has 0 aliphatic carbocycles. The average molecular weight is 512 g/mol. The van der Waals surface area contributed by atoms with Crippen molar-refractivity contribution in [2.24, 2.45) is 0 Å². The molecule has 1 N–H and O–H groups in total. The first-order valence-corrected chi connectivity index (χ1v) is 11.7. The fourth-order valence-corrected chi connectivity index (χ4v) is 4.81. The minimum atomic E-state index is -0.901. The molecule has 5 rings (SSSR count). The molecule has 3 heterocycles. The average Bonchev–Trinajstić information content (AvgIpc) is 3.14. The SMILES string of the molecule is CNC(=O)c1ccc2c(c1)OC[C@H](N1CCc3c(nn(Cc4ccccc4F)c3Cl)C1=O)C(=O)N2C. The quantitative estimate of drug-likeness (QED) is 0.580. The van der Waals surface area contributed by atoms with Crippen LogP contribution in [0, 0.1) is 5.82 Å². The number of ether oxygens (including phenoxy) is 1. The van der Waals surface area contributed by atoms with Gasteiger partial charge in [-0.1, -0.05) is 29.8 Å². The first kappa shape index (κ1) is 23.8. The van der Waals surface area contributed by atoms with Crippen LogP contribution >= 0.6 is 11.6 Å². The largest absolute Gasteiger partial charge is 0.489 e. The van der Waals surface area contributed by atoms with E-state index in [2.05, 4.69) is 10.4 Å². The number of carbonyl (C=O) groups is 3. The number of carbonyl (C=O) groups excluding carboxylic acids is 3. The number of aromatic nitrogens is 2. The lowest BCUT2D eigenvalue weighted by atomic mass is 10.0. The minimum absolute atomic E-state index is 0.0724. The molecule has 0 spiro atoms. The maximum Gasteiger partial charge on any atom is 0.275 e. The summed E-state index contributed by atoms with van der Waals surface area (Å²) in [6.07, 6.45) is 0.387. The lowest BCUT2D eigenvalue weighted by Gasteiger charge is -2.33. The Morgan fingerprint density at radius 1 is 1.25 bits per heavy atom. The summed E-state index contributed by atoms with van der Waals surface area (Å²) in [5, 5.41) is 7.21. The molecule has 0 saturated carbocycles. The number of rotatable bonds is 4. The Morgan fingerprint density at radius 2 is 2.03 bits per heavy atom. The second-order valence-electron chi connectivity index (χ2n) is 8.60. The van der Waals surface area contributed by atoms with Crippen LogP contribution in [0.15, 0.2) is 42.5 Å². The molecular formula is C25H23ClFN5O4. The number of hydrogen-bond donors (Lipinski definition) is 1. The fraction of sp³-hybridized carbons (Fsp3) is 0.280. The van der Waals surface area contributed by atoms with E-state index in [1.165, 1.54) is 27.6 Å². The van der Waals surface area contributed by atoms with E-state index in [1.807, 2.05) is 0 Å². The summed E-state index contributed by atoms with van der Waals surface area (Å²) in [5.74, 6) is -1.07. The molecule has 2 aromatic carbocycles. The molecule has 1 aromatic heterocycles. The molecule has 9 nitrogen and oxygen atoms in total. The van der Waals surface area contributed by atoms with Gasteiger partial charge in [0.15, 0.2) is 5.69 Å². The maximum absolute atomic E-state index is 14.2. The van der Waals surface area contributed by atoms with Crippen LogP contribution in [-0.2, 0) is 17.8 Å². The molecule has 0 unspecified atom stereocenters. The van der Waals surface area contributed by atoms with Gasteiger partial charge in [0.05, 0.1) is 12.2 Å². The van der Waals surface area contributed by atoms with Gasteiger partial charge in [0.1, 0.15) is 29.4 Å². The van der Waals surface area contributed by atoms with E-state index in [1.54, 1.807) is 43.4 Å². The highest BCUT2D eigenvalue weighted by Gasteiger charge is 2.41. The fourth-order valence-electron chi connectivity index (χ4n) is 4.53. The van der Waals surface area contributed by atoms with E-state index in [-0.39, 0.29) is 42.4 Å². The van der Waals surface area contributed by atoms with Crippen molar-refractivity contribution in [3.05, 3.63) is 75.8 Å². The third-order valence-corrected chi connectivity index (χ3v) is 6.95. The number of nitrogens with zero attached hydrogens (tertiary/aromatic N) is 4. The zero-order valence-electron chi connectivity index (χ0n) is 19.6. The van der Waals surface area contributed by atoms with Crippen LogP contribution in [0.4, 0.5) is 10.1 Å². The monoisotopic (exact) mass is 511 g/mol. The van der Waals surface area contributed by atoms with Gasteiger partial charge in [-0.15, -0.1) is 0 Å². The van der Waals surface area contributed by atoms with E-state index >= 15 is 0 Å². The van der Waals surface area contributed by atoms with Gasteiger partial charge in [-0.05, 0) is 30.7 Å². The Labute approximate surface area is 211 Å². The number of fused-ring (bicyclic) bond motifs is 2. The molecule has 11 heteroatoms. The van der Waals surface area contributed by atoms with Crippen LogP contribution in [-0.4, -0.2) is 65.7 Å². The van der Waals surface area contributed by atoms with Crippen molar-refractivity contribution in [3.8, 4) is 5.75 Å². The normalized spacial score (nSPS) is 17.3. The Hall–Kier alpha value is -3.92. The van der Waals surface area contributed by atoms with E-state index in [4.69, 9.17) is 16.3 Å². The van der Waals surface area contributed by atoms with Crippen molar-refractivity contribution < 1.29 is 23.5 Å². The van der Waals surface area contributed by atoms with Crippen molar-refractivity contribution in [2.45, 2.75) is 19.0 Å². The topological polar surface area (TPSA) is 96.8 Å². The number of halogens is 2. The van der Waals surface area contributed by atoms with E-state index in [0.717, 1.165) is 0 Å². The van der Waals surface area contributed by atoms with Crippen LogP contribution < -0.4 is 15.0 Å². The van der Waals surface area contributed by atoms with Crippen LogP contribution in [0.5, 0.6) is 5.75 Å². The number of likely N-dealkylation sites (N-methyl/N-ethyl adjacent to an activating group) is 1. The lowest BCUT2D eigenvalue weighted by molar-refractivity contribution is -0.123. The molecule has 2 aliphatic heterocycles. The van der Waals surface area contributed by atoms with Gasteiger partial charge in [0, 0.05) is 37.3 Å². The summed E-state index contributed by atoms with van der Waals surface area (Å²) in [6.45, 7) is 0.228. The summed E-state index contributed by atoms with van der Waals surface area (Å²) in [5.41, 5.74) is 2.00. The Balaban J connectivity index is 1.41. The van der Waals surface area contributed by atoms with Crippen LogP contribution in [0.3, 0.4) is 0 Å². The maximum atomic E-state index is 14.2. The standard InChI is InChI=1S/C25H23ClFN5O4/c1-28-23(33)14-7-8-18-20(11-14)36-13-19(24(34)30(18)2)31-10-9-16-21(25(31)35)29-32(22(16)26)12-15-5-3-4-6-17(15)27/h3-8,11,19H,9-10,12-13H2,1-2H3,(H,28,33)/t19-/m0/s1. The molecule has 2 aliphatic rings. The summed E-state index contributed by atoms with van der Waals surface area (Å²) < 4.78 is 21.5. The van der Waals surface area contributed by atoms with Crippen molar-refractivity contribution in [2.75, 3.05) is 32.1 Å². The van der Waals surface area contributed by atoms with Gasteiger partial charge in [-0.25, -0.2) is 9.07 Å². The van der Waals surface area contributed by atoms with Crippen LogP contribution in [0.25, 0.3) is 0 Å². The van der Waals surface area contributed by atoms with Crippen molar-refractivity contribution >= 4 is 35.0 Å². The number of nitrogens with one attached hydrogen (secondary N) is 1. The van der Waals surface area contributed by atoms with Crippen molar-refractivity contribution in [1.82, 2.24) is 20.0 Å². The Bertz CT molecular complexity index is 1390. The number of amides is 3. The van der Waals surface area contributed by atoms with E-state index < -0.39 is 17.8 Å². The molecule has 1 atom stereocenters. The Morgan fingerprint density at radius 3 is 2.78 bits per heavy atom. The summed E-state index contributed by atoms with van der Waals surface area (Å²) in [7, 11) is 3.13. The molecule has 3 amide bonds. The molecule has 186 valence electrons. The van der Waals surface area contributed by atoms with Crippen LogP contribution in [0.1, 0.15) is 32.0 Å². The Kier molecular flexibility index (Phi) is 6.13. The van der Waals surface area contributed by atoms with Gasteiger partial charge < -0.3 is 19.9 Å². The third kappa shape index (κ3) is 3.97. The summed E-state index contributed by atoms with van der Waals surface area (Å²) in [4.78, 5) is 41.7. The molecular weight excluding hydrogens is 489 g/mol. The third-order valence-electron chi connectivity index (χ3n) is 6.53. The first-order valence-electron chi connectivity index (χ1n) is 11.4. The number of anilines is 1. The minimum Gasteiger partial charge on any atom is -0.489 e. The van der Waals surface area contributed by atoms with E-state index in [0.29, 0.717) is 34.5 Å². The second-order valence-corrected chi connectivity index (χ2v) is 8.96. The van der Waals surface area contributed by atoms with Crippen molar-refractivity contribution in [1.29, 1.82) is 0 Å². The van der Waals surface area contributed by atoms with Gasteiger partial charge in [-0.3, -0.25) is 14.4 Å². The van der Waals surface area contributed by atoms with Crippen molar-refractivity contribution in [3.63, 3.8) is 0 Å². The lowest BCUT2D eigenvalue weighted by Crippen LogP contribution is -2.54. The van der Waals surface area contributed by atoms with Gasteiger partial charge >= 0.3 is 0 Å². The first-order chi connectivity index (χ1) is 17.3. The zero-order valence-corrected chi connectivity index (χ0v) is 20.4. The van der Waals surface area contributed by atoms with Gasteiger partial charge in [0.25, 0.3) is 17.7 Å². The molecule has 0 saturated heterocycles. The molecule has 36 heavy (non-hydrogen) atoms. The molecule has 3 aromatic rings. The van der Waals surface area contributed by atoms with Gasteiger partial charge in [-0.2, -0.15) is 5.10 Å². The second kappa shape index (κ2) is 9.27. The smallest absolute Gasteiger partial charge is 0.275 e. The van der Waals surface area contributed by atoms with E-state index in [9.17, 15) is 18.8 Å². The highest BCUT2D eigenvalue weighted by Crippen LogP contribution is 2.34. The number of benzene rings is 2. The molecule has 0 fully saturated rings. The molecule has 0 bridgehead atoms. The number of hydrogen-bond acceptors (Lipinski definition) is 5. The van der Waals surface area contributed by atoms with Crippen LogP contribution in [0.2, 0.25) is 5.15 Å². The van der Waals surface area contributed by atoms with Gasteiger partial charge in [0.2, 0.25) is 0 Å². The zero-order chi connectivity index (χ0) is 25.6. The predicted molar refractivity (Wildman–Crippen MR) is 130 cm³/mol.